The summed E-state index contributed by atoms with van der Waals surface area (Å²) in [4.78, 5) is 4.01. The summed E-state index contributed by atoms with van der Waals surface area (Å²) >= 11 is 5.99. The molecule has 0 radical (unpaired) electrons. The zero-order chi connectivity index (χ0) is 14.5. The largest absolute Gasteiger partial charge is 0.386 e. The van der Waals surface area contributed by atoms with E-state index in [4.69, 9.17) is 11.6 Å². The number of halogens is 1. The number of hydrogen-bond acceptors (Lipinski definition) is 4. The fourth-order valence-corrected chi connectivity index (χ4v) is 3.94. The molecule has 19 heavy (non-hydrogen) atoms. The zero-order valence-corrected chi connectivity index (χ0v) is 13.1. The fourth-order valence-electron chi connectivity index (χ4n) is 1.85. The molecule has 0 fully saturated rings. The first-order chi connectivity index (χ1) is 8.98. The lowest BCUT2D eigenvalue weighted by molar-refractivity contribution is 0.410. The summed E-state index contributed by atoms with van der Waals surface area (Å²) in [5, 5.41) is 3.13. The third kappa shape index (κ3) is 3.58. The number of nitrogens with zero attached hydrogens (tertiary/aromatic N) is 2. The summed E-state index contributed by atoms with van der Waals surface area (Å²) in [6, 6.07) is 0. The quantitative estimate of drug-likeness (QED) is 0.841. The van der Waals surface area contributed by atoms with E-state index in [1.54, 1.807) is 7.05 Å². The number of anilines is 1. The molecule has 5 nitrogen and oxygen atoms in total. The molecule has 0 aliphatic carbocycles. The number of rotatable bonds is 7. The molecule has 1 aromatic rings. The van der Waals surface area contributed by atoms with Gasteiger partial charge in [-0.2, -0.15) is 4.31 Å². The molecule has 0 amide bonds. The summed E-state index contributed by atoms with van der Waals surface area (Å²) in [6.07, 6.45) is 4.30. The smallest absolute Gasteiger partial charge is 0.246 e. The van der Waals surface area contributed by atoms with Crippen molar-refractivity contribution in [1.82, 2.24) is 9.29 Å². The first-order valence-corrected chi connectivity index (χ1v) is 8.12. The van der Waals surface area contributed by atoms with Gasteiger partial charge in [-0.1, -0.05) is 25.4 Å². The maximum atomic E-state index is 12.6. The van der Waals surface area contributed by atoms with Crippen molar-refractivity contribution in [2.75, 3.05) is 25.5 Å². The predicted molar refractivity (Wildman–Crippen MR) is 78.1 cm³/mol. The normalized spacial score (nSPS) is 11.8. The van der Waals surface area contributed by atoms with Gasteiger partial charge in [-0.05, 0) is 12.8 Å². The van der Waals surface area contributed by atoms with E-state index in [-0.39, 0.29) is 4.90 Å². The Morgan fingerprint density at radius 2 is 1.84 bits per heavy atom. The zero-order valence-electron chi connectivity index (χ0n) is 11.5. The van der Waals surface area contributed by atoms with Gasteiger partial charge in [0.25, 0.3) is 0 Å². The van der Waals surface area contributed by atoms with Crippen LogP contribution in [0.3, 0.4) is 0 Å². The molecule has 0 aliphatic rings. The minimum Gasteiger partial charge on any atom is -0.386 e. The lowest BCUT2D eigenvalue weighted by Gasteiger charge is -2.22. The third-order valence-electron chi connectivity index (χ3n) is 2.68. The molecule has 1 heterocycles. The first-order valence-electron chi connectivity index (χ1n) is 6.30. The Bertz CT molecular complexity index is 514. The van der Waals surface area contributed by atoms with Crippen molar-refractivity contribution in [3.8, 4) is 0 Å². The van der Waals surface area contributed by atoms with Gasteiger partial charge in [0, 0.05) is 32.5 Å². The maximum Gasteiger partial charge on any atom is 0.246 e. The lowest BCUT2D eigenvalue weighted by Crippen LogP contribution is -2.33. The van der Waals surface area contributed by atoms with Crippen LogP contribution in [-0.4, -0.2) is 37.8 Å². The van der Waals surface area contributed by atoms with E-state index in [0.717, 1.165) is 12.8 Å². The molecule has 0 atom stereocenters. The van der Waals surface area contributed by atoms with Gasteiger partial charge in [-0.3, -0.25) is 4.98 Å². The Kier molecular flexibility index (Phi) is 6.03. The number of sulfonamides is 1. The highest BCUT2D eigenvalue weighted by Crippen LogP contribution is 2.30. The molecular weight excluding hydrogens is 286 g/mol. The van der Waals surface area contributed by atoms with Crippen LogP contribution in [0, 0.1) is 0 Å². The van der Waals surface area contributed by atoms with E-state index >= 15 is 0 Å². The van der Waals surface area contributed by atoms with Crippen LogP contribution < -0.4 is 5.32 Å². The molecule has 0 saturated heterocycles. The SMILES string of the molecule is CCCN(CCC)S(=O)(=O)c1cncc(Cl)c1NC. The van der Waals surface area contributed by atoms with E-state index in [2.05, 4.69) is 10.3 Å². The Balaban J connectivity index is 3.28. The van der Waals surface area contributed by atoms with E-state index < -0.39 is 10.0 Å². The average molecular weight is 306 g/mol. The molecule has 108 valence electrons. The number of pyridine rings is 1. The Labute approximate surface area is 120 Å². The first kappa shape index (κ1) is 16.2. The van der Waals surface area contributed by atoms with Gasteiger partial charge in [0.15, 0.2) is 0 Å². The molecule has 1 rings (SSSR count). The monoisotopic (exact) mass is 305 g/mol. The van der Waals surface area contributed by atoms with Crippen LogP contribution in [0.4, 0.5) is 5.69 Å². The predicted octanol–water partition coefficient (Wildman–Crippen LogP) is 2.59. The van der Waals surface area contributed by atoms with Crippen molar-refractivity contribution in [1.29, 1.82) is 0 Å². The van der Waals surface area contributed by atoms with Crippen molar-refractivity contribution in [3.05, 3.63) is 17.4 Å². The summed E-state index contributed by atoms with van der Waals surface area (Å²) in [5.74, 6) is 0. The van der Waals surface area contributed by atoms with Gasteiger partial charge in [-0.15, -0.1) is 0 Å². The minimum atomic E-state index is -3.57. The van der Waals surface area contributed by atoms with Crippen LogP contribution in [0.25, 0.3) is 0 Å². The van der Waals surface area contributed by atoms with Crippen molar-refractivity contribution in [3.63, 3.8) is 0 Å². The minimum absolute atomic E-state index is 0.129. The summed E-state index contributed by atoms with van der Waals surface area (Å²) in [5.41, 5.74) is 0.397. The van der Waals surface area contributed by atoms with Crippen molar-refractivity contribution < 1.29 is 8.42 Å². The second-order valence-electron chi connectivity index (χ2n) is 4.15. The van der Waals surface area contributed by atoms with Gasteiger partial charge in [0.1, 0.15) is 4.90 Å². The van der Waals surface area contributed by atoms with Gasteiger partial charge < -0.3 is 5.32 Å². The third-order valence-corrected chi connectivity index (χ3v) is 4.88. The highest BCUT2D eigenvalue weighted by molar-refractivity contribution is 7.89. The second-order valence-corrected chi connectivity index (χ2v) is 6.46. The topological polar surface area (TPSA) is 62.3 Å². The van der Waals surface area contributed by atoms with E-state index in [1.807, 2.05) is 13.8 Å². The Morgan fingerprint density at radius 3 is 2.32 bits per heavy atom. The Hall–Kier alpha value is -0.850. The molecule has 1 aromatic heterocycles. The highest BCUT2D eigenvalue weighted by Gasteiger charge is 2.27. The number of hydrogen-bond donors (Lipinski definition) is 1. The van der Waals surface area contributed by atoms with E-state index in [1.165, 1.54) is 16.7 Å². The van der Waals surface area contributed by atoms with Gasteiger partial charge >= 0.3 is 0 Å². The molecule has 0 bridgehead atoms. The number of aromatic nitrogens is 1. The molecule has 0 spiro atoms. The van der Waals surface area contributed by atoms with Gasteiger partial charge in [0.2, 0.25) is 10.0 Å². The summed E-state index contributed by atoms with van der Waals surface area (Å²) < 4.78 is 26.7. The van der Waals surface area contributed by atoms with E-state index in [0.29, 0.717) is 23.8 Å². The van der Waals surface area contributed by atoms with Crippen molar-refractivity contribution in [2.45, 2.75) is 31.6 Å². The molecule has 0 aliphatic heterocycles. The molecular formula is C12H20ClN3O2S. The van der Waals surface area contributed by atoms with Gasteiger partial charge in [-0.25, -0.2) is 8.42 Å². The van der Waals surface area contributed by atoms with Crippen LogP contribution in [0.2, 0.25) is 5.02 Å². The summed E-state index contributed by atoms with van der Waals surface area (Å²) in [7, 11) is -1.92. The average Bonchev–Trinajstić information content (AvgIpc) is 2.38. The van der Waals surface area contributed by atoms with Crippen molar-refractivity contribution in [2.24, 2.45) is 0 Å². The standard InChI is InChI=1S/C12H20ClN3O2S/c1-4-6-16(7-5-2)19(17,18)11-9-15-8-10(13)12(11)14-3/h8-9H,4-7H2,1-3H3,(H,14,15). The molecule has 0 saturated carbocycles. The summed E-state index contributed by atoms with van der Waals surface area (Å²) in [6.45, 7) is 4.89. The fraction of sp³-hybridized carbons (Fsp3) is 0.583. The van der Waals surface area contributed by atoms with E-state index in [9.17, 15) is 8.42 Å². The van der Waals surface area contributed by atoms with Crippen LogP contribution >= 0.6 is 11.6 Å². The van der Waals surface area contributed by atoms with Gasteiger partial charge in [0.05, 0.1) is 10.7 Å². The second kappa shape index (κ2) is 7.07. The van der Waals surface area contributed by atoms with Crippen LogP contribution in [0.15, 0.2) is 17.3 Å². The van der Waals surface area contributed by atoms with Crippen LogP contribution in [-0.2, 0) is 10.0 Å². The number of nitrogens with one attached hydrogen (secondary N) is 1. The Morgan fingerprint density at radius 1 is 1.26 bits per heavy atom. The van der Waals surface area contributed by atoms with Crippen LogP contribution in [0.1, 0.15) is 26.7 Å². The van der Waals surface area contributed by atoms with Crippen molar-refractivity contribution >= 4 is 27.3 Å². The molecule has 7 heteroatoms. The lowest BCUT2D eigenvalue weighted by atomic mass is 10.4. The molecule has 0 unspecified atom stereocenters. The molecule has 0 aromatic carbocycles. The van der Waals surface area contributed by atoms with Crippen LogP contribution in [0.5, 0.6) is 0 Å². The molecule has 1 N–H and O–H groups in total. The maximum absolute atomic E-state index is 12.6. The highest BCUT2D eigenvalue weighted by atomic mass is 35.5.